The molecule has 0 spiro atoms. The van der Waals surface area contributed by atoms with Crippen LogP contribution in [0.4, 0.5) is 5.69 Å². The normalized spacial score (nSPS) is 17.3. The van der Waals surface area contributed by atoms with E-state index in [0.29, 0.717) is 5.92 Å². The van der Waals surface area contributed by atoms with Crippen LogP contribution in [0.3, 0.4) is 0 Å². The third kappa shape index (κ3) is 2.11. The summed E-state index contributed by atoms with van der Waals surface area (Å²) in [5.41, 5.74) is 10.4. The maximum atomic E-state index is 6.41. The average molecular weight is 282 g/mol. The maximum absolute atomic E-state index is 6.41. The van der Waals surface area contributed by atoms with Gasteiger partial charge in [0, 0.05) is 17.7 Å². The summed E-state index contributed by atoms with van der Waals surface area (Å²) in [6, 6.07) is 7.93. The van der Waals surface area contributed by atoms with Crippen molar-refractivity contribution in [3.8, 4) is 22.6 Å². The summed E-state index contributed by atoms with van der Waals surface area (Å²) >= 11 is 0. The van der Waals surface area contributed by atoms with Crippen molar-refractivity contribution < 1.29 is 9.47 Å². The number of anilines is 1. The lowest BCUT2D eigenvalue weighted by Crippen LogP contribution is -2.04. The number of aromatic nitrogens is 1. The van der Waals surface area contributed by atoms with Crippen LogP contribution in [0.25, 0.3) is 11.1 Å². The third-order valence-corrected chi connectivity index (χ3v) is 4.45. The number of pyridine rings is 1. The lowest BCUT2D eigenvalue weighted by atomic mass is 9.96. The Labute approximate surface area is 123 Å². The molecule has 0 radical (unpaired) electrons. The Kier molecular flexibility index (Phi) is 2.95. The fourth-order valence-electron chi connectivity index (χ4n) is 3.33. The van der Waals surface area contributed by atoms with Gasteiger partial charge < -0.3 is 15.2 Å². The van der Waals surface area contributed by atoms with Crippen molar-refractivity contribution in [3.05, 3.63) is 36.2 Å². The Bertz CT molecular complexity index is 678. The number of benzene rings is 1. The van der Waals surface area contributed by atoms with Crippen LogP contribution < -0.4 is 15.2 Å². The summed E-state index contributed by atoms with van der Waals surface area (Å²) in [4.78, 5) is 4.54. The van der Waals surface area contributed by atoms with Gasteiger partial charge in [-0.3, -0.25) is 4.98 Å². The van der Waals surface area contributed by atoms with Gasteiger partial charge in [-0.15, -0.1) is 0 Å². The first-order chi connectivity index (χ1) is 10.3. The summed E-state index contributed by atoms with van der Waals surface area (Å²) in [6.45, 7) is 0.290. The van der Waals surface area contributed by atoms with Gasteiger partial charge in [-0.1, -0.05) is 18.9 Å². The van der Waals surface area contributed by atoms with Gasteiger partial charge in [-0.2, -0.15) is 0 Å². The van der Waals surface area contributed by atoms with Crippen molar-refractivity contribution in [2.45, 2.75) is 31.6 Å². The van der Waals surface area contributed by atoms with E-state index in [1.165, 1.54) is 25.7 Å². The van der Waals surface area contributed by atoms with E-state index in [1.807, 2.05) is 30.5 Å². The van der Waals surface area contributed by atoms with Crippen LogP contribution in [-0.2, 0) is 0 Å². The third-order valence-electron chi connectivity index (χ3n) is 4.45. The molecule has 4 nitrogen and oxygen atoms in total. The molecule has 2 aromatic rings. The zero-order valence-electron chi connectivity index (χ0n) is 11.8. The Hall–Kier alpha value is -2.23. The lowest BCUT2D eigenvalue weighted by Gasteiger charge is -2.15. The van der Waals surface area contributed by atoms with Crippen LogP contribution in [0.1, 0.15) is 37.3 Å². The number of rotatable bonds is 2. The van der Waals surface area contributed by atoms with Crippen molar-refractivity contribution in [3.63, 3.8) is 0 Å². The number of nitrogens with two attached hydrogens (primary N) is 1. The molecule has 108 valence electrons. The Morgan fingerprint density at radius 3 is 2.71 bits per heavy atom. The minimum absolute atomic E-state index is 0.290. The SMILES string of the molecule is Nc1c(-c2ccc3c(c2)OCO3)ccnc1C1CCCC1. The molecular weight excluding hydrogens is 264 g/mol. The topological polar surface area (TPSA) is 57.4 Å². The molecule has 1 aromatic carbocycles. The zero-order valence-corrected chi connectivity index (χ0v) is 11.8. The van der Waals surface area contributed by atoms with E-state index in [1.54, 1.807) is 0 Å². The first-order valence-electron chi connectivity index (χ1n) is 7.47. The highest BCUT2D eigenvalue weighted by Crippen LogP contribution is 2.41. The minimum Gasteiger partial charge on any atom is -0.454 e. The standard InChI is InChI=1S/C17H18N2O2/c18-16-13(7-8-19-17(16)11-3-1-2-4-11)12-5-6-14-15(9-12)21-10-20-14/h5-9,11H,1-4,10,18H2. The van der Waals surface area contributed by atoms with E-state index in [9.17, 15) is 0 Å². The maximum Gasteiger partial charge on any atom is 0.231 e. The van der Waals surface area contributed by atoms with E-state index < -0.39 is 0 Å². The Morgan fingerprint density at radius 2 is 1.86 bits per heavy atom. The quantitative estimate of drug-likeness (QED) is 0.912. The van der Waals surface area contributed by atoms with Crippen molar-refractivity contribution in [2.75, 3.05) is 12.5 Å². The second-order valence-corrected chi connectivity index (χ2v) is 5.71. The number of nitrogen functional groups attached to an aromatic ring is 1. The van der Waals surface area contributed by atoms with E-state index in [-0.39, 0.29) is 6.79 Å². The van der Waals surface area contributed by atoms with Crippen LogP contribution in [0.15, 0.2) is 30.5 Å². The van der Waals surface area contributed by atoms with E-state index >= 15 is 0 Å². The van der Waals surface area contributed by atoms with E-state index in [2.05, 4.69) is 4.98 Å². The number of ether oxygens (including phenoxy) is 2. The van der Waals surface area contributed by atoms with Gasteiger partial charge in [0.1, 0.15) is 0 Å². The van der Waals surface area contributed by atoms with Crippen molar-refractivity contribution in [1.29, 1.82) is 0 Å². The fraction of sp³-hybridized carbons (Fsp3) is 0.353. The molecule has 1 aliphatic carbocycles. The average Bonchev–Trinajstić information content (AvgIpc) is 3.18. The largest absolute Gasteiger partial charge is 0.454 e. The zero-order chi connectivity index (χ0) is 14.2. The molecule has 2 heterocycles. The second kappa shape index (κ2) is 4.95. The molecule has 2 N–H and O–H groups in total. The van der Waals surface area contributed by atoms with Crippen LogP contribution in [-0.4, -0.2) is 11.8 Å². The second-order valence-electron chi connectivity index (χ2n) is 5.71. The van der Waals surface area contributed by atoms with Crippen molar-refractivity contribution in [1.82, 2.24) is 4.98 Å². The molecule has 1 saturated carbocycles. The minimum atomic E-state index is 0.290. The first-order valence-corrected chi connectivity index (χ1v) is 7.47. The molecule has 2 aliphatic rings. The van der Waals surface area contributed by atoms with Gasteiger partial charge >= 0.3 is 0 Å². The molecule has 21 heavy (non-hydrogen) atoms. The van der Waals surface area contributed by atoms with E-state index in [0.717, 1.165) is 34.0 Å². The Balaban J connectivity index is 1.76. The molecule has 4 rings (SSSR count). The Morgan fingerprint density at radius 1 is 1.05 bits per heavy atom. The number of hydrogen-bond donors (Lipinski definition) is 1. The number of fused-ring (bicyclic) bond motifs is 1. The first kappa shape index (κ1) is 12.5. The fourth-order valence-corrected chi connectivity index (χ4v) is 3.33. The summed E-state index contributed by atoms with van der Waals surface area (Å²) in [5.74, 6) is 2.09. The monoisotopic (exact) mass is 282 g/mol. The highest BCUT2D eigenvalue weighted by molar-refractivity contribution is 5.79. The predicted octanol–water partition coefficient (Wildman–Crippen LogP) is 3.72. The highest BCUT2D eigenvalue weighted by Gasteiger charge is 2.22. The molecule has 1 aromatic heterocycles. The molecule has 0 amide bonds. The molecule has 1 fully saturated rings. The van der Waals surface area contributed by atoms with Crippen LogP contribution in [0.5, 0.6) is 11.5 Å². The summed E-state index contributed by atoms with van der Waals surface area (Å²) in [6.07, 6.45) is 6.81. The van der Waals surface area contributed by atoms with Crippen LogP contribution in [0.2, 0.25) is 0 Å². The lowest BCUT2D eigenvalue weighted by molar-refractivity contribution is 0.174. The summed E-state index contributed by atoms with van der Waals surface area (Å²) < 4.78 is 10.8. The molecular formula is C17H18N2O2. The van der Waals surface area contributed by atoms with Gasteiger partial charge in [-0.25, -0.2) is 0 Å². The molecule has 0 bridgehead atoms. The van der Waals surface area contributed by atoms with Gasteiger partial charge in [0.25, 0.3) is 0 Å². The molecule has 0 atom stereocenters. The van der Waals surface area contributed by atoms with Crippen molar-refractivity contribution in [2.24, 2.45) is 0 Å². The van der Waals surface area contributed by atoms with Gasteiger partial charge in [0.15, 0.2) is 11.5 Å². The van der Waals surface area contributed by atoms with Gasteiger partial charge in [0.2, 0.25) is 6.79 Å². The summed E-state index contributed by atoms with van der Waals surface area (Å²) in [5, 5.41) is 0. The van der Waals surface area contributed by atoms with Crippen LogP contribution in [0, 0.1) is 0 Å². The number of nitrogens with zero attached hydrogens (tertiary/aromatic N) is 1. The van der Waals surface area contributed by atoms with Gasteiger partial charge in [0.05, 0.1) is 11.4 Å². The molecule has 0 unspecified atom stereocenters. The smallest absolute Gasteiger partial charge is 0.231 e. The highest BCUT2D eigenvalue weighted by atomic mass is 16.7. The predicted molar refractivity (Wildman–Crippen MR) is 81.4 cm³/mol. The van der Waals surface area contributed by atoms with Gasteiger partial charge in [-0.05, 0) is 36.6 Å². The molecule has 0 saturated heterocycles. The van der Waals surface area contributed by atoms with E-state index in [4.69, 9.17) is 15.2 Å². The van der Waals surface area contributed by atoms with Crippen LogP contribution >= 0.6 is 0 Å². The molecule has 1 aliphatic heterocycles. The number of hydrogen-bond acceptors (Lipinski definition) is 4. The summed E-state index contributed by atoms with van der Waals surface area (Å²) in [7, 11) is 0. The molecule has 4 heteroatoms. The van der Waals surface area contributed by atoms with Crippen molar-refractivity contribution >= 4 is 5.69 Å².